The molecule has 0 aliphatic carbocycles. The number of ether oxygens (including phenoxy) is 2. The molecule has 1 heterocycles. The Morgan fingerprint density at radius 3 is 2.27 bits per heavy atom. The van der Waals surface area contributed by atoms with Gasteiger partial charge in [-0.2, -0.15) is 0 Å². The zero-order valence-electron chi connectivity index (χ0n) is 15.5. The first-order chi connectivity index (χ1) is 12.7. The molecule has 0 atom stereocenters. The Morgan fingerprint density at radius 2 is 1.62 bits per heavy atom. The number of rotatable bonds is 6. The Kier molecular flexibility index (Phi) is 6.12. The van der Waals surface area contributed by atoms with Crippen molar-refractivity contribution in [2.45, 2.75) is 6.42 Å². The van der Waals surface area contributed by atoms with Gasteiger partial charge in [-0.25, -0.2) is 0 Å². The second-order valence-corrected chi connectivity index (χ2v) is 6.44. The highest BCUT2D eigenvalue weighted by Gasteiger charge is 2.21. The van der Waals surface area contributed by atoms with Crippen molar-refractivity contribution in [2.75, 3.05) is 46.9 Å². The van der Waals surface area contributed by atoms with Gasteiger partial charge in [0.05, 0.1) is 14.2 Å². The van der Waals surface area contributed by atoms with E-state index in [4.69, 9.17) is 9.47 Å². The van der Waals surface area contributed by atoms with E-state index < -0.39 is 0 Å². The molecule has 1 aliphatic heterocycles. The molecule has 2 aromatic carbocycles. The minimum absolute atomic E-state index is 0.130. The molecule has 1 fully saturated rings. The van der Waals surface area contributed by atoms with Crippen LogP contribution in [0, 0.1) is 0 Å². The second-order valence-electron chi connectivity index (χ2n) is 6.44. The number of carbonyl (C=O) groups is 1. The van der Waals surface area contributed by atoms with Crippen LogP contribution in [0.15, 0.2) is 48.5 Å². The van der Waals surface area contributed by atoms with Gasteiger partial charge in [-0.05, 0) is 36.2 Å². The molecule has 0 N–H and O–H groups in total. The number of methoxy groups -OCH3 is 2. The molecule has 1 amide bonds. The maximum absolute atomic E-state index is 12.5. The van der Waals surface area contributed by atoms with Crippen LogP contribution in [0.2, 0.25) is 0 Å². The SMILES string of the molecule is COc1ccc(CCN2CCN(C(=O)c3ccccc3)CC2)cc1OC. The quantitative estimate of drug-likeness (QED) is 0.800. The summed E-state index contributed by atoms with van der Waals surface area (Å²) in [5.74, 6) is 1.65. The van der Waals surface area contributed by atoms with Gasteiger partial charge in [-0.3, -0.25) is 9.69 Å². The van der Waals surface area contributed by atoms with E-state index >= 15 is 0 Å². The maximum atomic E-state index is 12.5. The van der Waals surface area contributed by atoms with Crippen LogP contribution < -0.4 is 9.47 Å². The molecule has 1 aliphatic rings. The van der Waals surface area contributed by atoms with Crippen molar-refractivity contribution in [2.24, 2.45) is 0 Å². The lowest BCUT2D eigenvalue weighted by Crippen LogP contribution is -2.49. The highest BCUT2D eigenvalue weighted by atomic mass is 16.5. The lowest BCUT2D eigenvalue weighted by Gasteiger charge is -2.34. The molecular weight excluding hydrogens is 328 g/mol. The third kappa shape index (κ3) is 4.35. The van der Waals surface area contributed by atoms with E-state index in [9.17, 15) is 4.79 Å². The summed E-state index contributed by atoms with van der Waals surface area (Å²) in [5.41, 5.74) is 2.00. The first-order valence-electron chi connectivity index (χ1n) is 8.99. The molecule has 0 saturated carbocycles. The van der Waals surface area contributed by atoms with E-state index in [0.717, 1.165) is 56.2 Å². The van der Waals surface area contributed by atoms with Crippen LogP contribution in [0.4, 0.5) is 0 Å². The summed E-state index contributed by atoms with van der Waals surface area (Å²) in [6, 6.07) is 15.6. The minimum Gasteiger partial charge on any atom is -0.493 e. The standard InChI is InChI=1S/C21H26N2O3/c1-25-19-9-8-17(16-20(19)26-2)10-11-22-12-14-23(15-13-22)21(24)18-6-4-3-5-7-18/h3-9,16H,10-15H2,1-2H3. The van der Waals surface area contributed by atoms with E-state index in [-0.39, 0.29) is 5.91 Å². The number of hydrogen-bond donors (Lipinski definition) is 0. The fourth-order valence-electron chi connectivity index (χ4n) is 3.26. The fraction of sp³-hybridized carbons (Fsp3) is 0.381. The van der Waals surface area contributed by atoms with Gasteiger partial charge in [0, 0.05) is 38.3 Å². The van der Waals surface area contributed by atoms with Crippen molar-refractivity contribution in [1.82, 2.24) is 9.80 Å². The van der Waals surface area contributed by atoms with Gasteiger partial charge < -0.3 is 14.4 Å². The Labute approximate surface area is 155 Å². The normalized spacial score (nSPS) is 14.9. The Bertz CT molecular complexity index is 725. The minimum atomic E-state index is 0.130. The molecular formula is C21H26N2O3. The van der Waals surface area contributed by atoms with E-state index in [1.54, 1.807) is 14.2 Å². The van der Waals surface area contributed by atoms with Crippen molar-refractivity contribution in [3.63, 3.8) is 0 Å². The van der Waals surface area contributed by atoms with Crippen LogP contribution in [0.1, 0.15) is 15.9 Å². The average Bonchev–Trinajstić information content (AvgIpc) is 2.72. The van der Waals surface area contributed by atoms with Gasteiger partial charge in [-0.15, -0.1) is 0 Å². The molecule has 0 radical (unpaired) electrons. The van der Waals surface area contributed by atoms with Crippen LogP contribution in [-0.4, -0.2) is 62.7 Å². The molecule has 5 heteroatoms. The molecule has 0 spiro atoms. The second kappa shape index (κ2) is 8.72. The van der Waals surface area contributed by atoms with Crippen LogP contribution >= 0.6 is 0 Å². The van der Waals surface area contributed by atoms with Crippen LogP contribution in [0.5, 0.6) is 11.5 Å². The summed E-state index contributed by atoms with van der Waals surface area (Å²) in [4.78, 5) is 16.9. The van der Waals surface area contributed by atoms with Gasteiger partial charge in [0.1, 0.15) is 0 Å². The third-order valence-electron chi connectivity index (χ3n) is 4.84. The van der Waals surface area contributed by atoms with Crippen molar-refractivity contribution in [3.05, 3.63) is 59.7 Å². The van der Waals surface area contributed by atoms with Crippen molar-refractivity contribution in [1.29, 1.82) is 0 Å². The lowest BCUT2D eigenvalue weighted by molar-refractivity contribution is 0.0638. The van der Waals surface area contributed by atoms with Crippen molar-refractivity contribution >= 4 is 5.91 Å². The van der Waals surface area contributed by atoms with Gasteiger partial charge in [0.2, 0.25) is 0 Å². The number of amides is 1. The molecule has 0 aromatic heterocycles. The number of carbonyl (C=O) groups excluding carboxylic acids is 1. The maximum Gasteiger partial charge on any atom is 0.253 e. The predicted octanol–water partition coefficient (Wildman–Crippen LogP) is 2.70. The molecule has 1 saturated heterocycles. The summed E-state index contributed by atoms with van der Waals surface area (Å²) in [6.07, 6.45) is 0.951. The first-order valence-corrected chi connectivity index (χ1v) is 8.99. The number of benzene rings is 2. The van der Waals surface area contributed by atoms with E-state index in [1.165, 1.54) is 5.56 Å². The zero-order chi connectivity index (χ0) is 18.4. The van der Waals surface area contributed by atoms with Crippen molar-refractivity contribution in [3.8, 4) is 11.5 Å². The summed E-state index contributed by atoms with van der Waals surface area (Å²) in [7, 11) is 3.30. The average molecular weight is 354 g/mol. The highest BCUT2D eigenvalue weighted by molar-refractivity contribution is 5.94. The number of piperazine rings is 1. The molecule has 138 valence electrons. The van der Waals surface area contributed by atoms with Gasteiger partial charge >= 0.3 is 0 Å². The van der Waals surface area contributed by atoms with Crippen LogP contribution in [0.3, 0.4) is 0 Å². The third-order valence-corrected chi connectivity index (χ3v) is 4.84. The summed E-state index contributed by atoms with van der Waals surface area (Å²) in [5, 5.41) is 0. The number of hydrogen-bond acceptors (Lipinski definition) is 4. The molecule has 2 aromatic rings. The summed E-state index contributed by atoms with van der Waals surface area (Å²) >= 11 is 0. The Hall–Kier alpha value is -2.53. The van der Waals surface area contributed by atoms with E-state index in [0.29, 0.717) is 0 Å². The monoisotopic (exact) mass is 354 g/mol. The Morgan fingerprint density at radius 1 is 0.923 bits per heavy atom. The smallest absolute Gasteiger partial charge is 0.253 e. The van der Waals surface area contributed by atoms with E-state index in [2.05, 4.69) is 11.0 Å². The van der Waals surface area contributed by atoms with Gasteiger partial charge in [0.15, 0.2) is 11.5 Å². The molecule has 0 unspecified atom stereocenters. The fourth-order valence-corrected chi connectivity index (χ4v) is 3.26. The molecule has 3 rings (SSSR count). The number of nitrogens with zero attached hydrogens (tertiary/aromatic N) is 2. The lowest BCUT2D eigenvalue weighted by atomic mass is 10.1. The molecule has 26 heavy (non-hydrogen) atoms. The van der Waals surface area contributed by atoms with Gasteiger partial charge in [0.25, 0.3) is 5.91 Å². The van der Waals surface area contributed by atoms with Crippen LogP contribution in [0.25, 0.3) is 0 Å². The topological polar surface area (TPSA) is 42.0 Å². The van der Waals surface area contributed by atoms with E-state index in [1.807, 2.05) is 47.4 Å². The zero-order valence-corrected chi connectivity index (χ0v) is 15.5. The Balaban J connectivity index is 1.49. The van der Waals surface area contributed by atoms with Crippen LogP contribution in [-0.2, 0) is 6.42 Å². The molecule has 0 bridgehead atoms. The largest absolute Gasteiger partial charge is 0.493 e. The highest BCUT2D eigenvalue weighted by Crippen LogP contribution is 2.27. The van der Waals surface area contributed by atoms with Gasteiger partial charge in [-0.1, -0.05) is 24.3 Å². The predicted molar refractivity (Wildman–Crippen MR) is 102 cm³/mol. The first kappa shape index (κ1) is 18.3. The molecule has 5 nitrogen and oxygen atoms in total. The summed E-state index contributed by atoms with van der Waals surface area (Å²) < 4.78 is 10.7. The van der Waals surface area contributed by atoms with Crippen molar-refractivity contribution < 1.29 is 14.3 Å². The summed E-state index contributed by atoms with van der Waals surface area (Å²) in [6.45, 7) is 4.35.